The van der Waals surface area contributed by atoms with Crippen molar-refractivity contribution in [3.8, 4) is 5.69 Å². The van der Waals surface area contributed by atoms with E-state index in [9.17, 15) is 4.79 Å². The third-order valence-corrected chi connectivity index (χ3v) is 3.26. The minimum Gasteiger partial charge on any atom is -0.464 e. The zero-order chi connectivity index (χ0) is 13.3. The van der Waals surface area contributed by atoms with E-state index in [4.69, 9.17) is 5.73 Å². The van der Waals surface area contributed by atoms with Crippen LogP contribution in [0.3, 0.4) is 0 Å². The lowest BCUT2D eigenvalue weighted by Gasteiger charge is -2.07. The molecule has 0 saturated carbocycles. The number of hydrogen-bond donors (Lipinski definition) is 1. The molecule has 0 aliphatic carbocycles. The van der Waals surface area contributed by atoms with E-state index in [1.165, 1.54) is 7.11 Å². The van der Waals surface area contributed by atoms with Gasteiger partial charge in [-0.25, -0.2) is 9.78 Å². The van der Waals surface area contributed by atoms with Gasteiger partial charge in [-0.05, 0) is 53.8 Å². The van der Waals surface area contributed by atoms with Crippen LogP contribution in [0.15, 0.2) is 24.3 Å². The second-order valence-corrected chi connectivity index (χ2v) is 4.94. The van der Waals surface area contributed by atoms with E-state index in [2.05, 4.69) is 32.3 Å². The van der Waals surface area contributed by atoms with Crippen LogP contribution in [0.2, 0.25) is 0 Å². The van der Waals surface area contributed by atoms with Crippen LogP contribution in [0.5, 0.6) is 0 Å². The smallest absolute Gasteiger partial charge is 0.360 e. The molecule has 0 aliphatic rings. The molecule has 6 heteroatoms. The maximum absolute atomic E-state index is 11.5. The Morgan fingerprint density at radius 2 is 2.00 bits per heavy atom. The SMILES string of the molecule is COC(=O)c1nc(C)n(-c2ccc(I)cc2)c1N. The summed E-state index contributed by atoms with van der Waals surface area (Å²) in [4.78, 5) is 15.6. The number of nitrogen functional groups attached to an aromatic ring is 1. The van der Waals surface area contributed by atoms with Crippen LogP contribution in [0, 0.1) is 10.5 Å². The molecule has 0 atom stereocenters. The number of halogens is 1. The highest BCUT2D eigenvalue weighted by atomic mass is 127. The molecule has 0 amide bonds. The maximum Gasteiger partial charge on any atom is 0.360 e. The molecule has 18 heavy (non-hydrogen) atoms. The molecule has 2 rings (SSSR count). The number of esters is 1. The van der Waals surface area contributed by atoms with Gasteiger partial charge >= 0.3 is 5.97 Å². The van der Waals surface area contributed by atoms with Crippen molar-refractivity contribution in [2.24, 2.45) is 0 Å². The van der Waals surface area contributed by atoms with Crippen molar-refractivity contribution >= 4 is 34.4 Å². The first-order valence-electron chi connectivity index (χ1n) is 5.23. The fraction of sp³-hybridized carbons (Fsp3) is 0.167. The van der Waals surface area contributed by atoms with Crippen LogP contribution >= 0.6 is 22.6 Å². The third kappa shape index (κ3) is 2.20. The lowest BCUT2D eigenvalue weighted by atomic mass is 10.3. The molecule has 0 unspecified atom stereocenters. The van der Waals surface area contributed by atoms with Crippen molar-refractivity contribution in [2.45, 2.75) is 6.92 Å². The van der Waals surface area contributed by atoms with Crippen LogP contribution < -0.4 is 5.73 Å². The van der Waals surface area contributed by atoms with Crippen molar-refractivity contribution in [3.63, 3.8) is 0 Å². The van der Waals surface area contributed by atoms with E-state index < -0.39 is 5.97 Å². The zero-order valence-electron chi connectivity index (χ0n) is 9.98. The summed E-state index contributed by atoms with van der Waals surface area (Å²) in [6.07, 6.45) is 0. The quantitative estimate of drug-likeness (QED) is 0.661. The first-order chi connectivity index (χ1) is 8.54. The van der Waals surface area contributed by atoms with Gasteiger partial charge in [0.15, 0.2) is 5.69 Å². The summed E-state index contributed by atoms with van der Waals surface area (Å²) in [5, 5.41) is 0. The largest absolute Gasteiger partial charge is 0.464 e. The Hall–Kier alpha value is -1.57. The number of hydrogen-bond acceptors (Lipinski definition) is 4. The molecular weight excluding hydrogens is 345 g/mol. The zero-order valence-corrected chi connectivity index (χ0v) is 12.1. The molecule has 1 aromatic carbocycles. The number of methoxy groups -OCH3 is 1. The van der Waals surface area contributed by atoms with E-state index in [0.717, 1.165) is 9.26 Å². The monoisotopic (exact) mass is 357 g/mol. The predicted octanol–water partition coefficient (Wildman–Crippen LogP) is 2.15. The molecular formula is C12H12IN3O2. The number of carbonyl (C=O) groups is 1. The van der Waals surface area contributed by atoms with Crippen molar-refractivity contribution in [1.82, 2.24) is 9.55 Å². The van der Waals surface area contributed by atoms with Gasteiger partial charge in [-0.3, -0.25) is 4.57 Å². The van der Waals surface area contributed by atoms with E-state index >= 15 is 0 Å². The van der Waals surface area contributed by atoms with Crippen molar-refractivity contribution < 1.29 is 9.53 Å². The van der Waals surface area contributed by atoms with Gasteiger partial charge in [0.25, 0.3) is 0 Å². The Kier molecular flexibility index (Phi) is 3.55. The first kappa shape index (κ1) is 12.9. The van der Waals surface area contributed by atoms with Crippen LogP contribution in [0.1, 0.15) is 16.3 Å². The number of rotatable bonds is 2. The third-order valence-electron chi connectivity index (χ3n) is 2.54. The second-order valence-electron chi connectivity index (χ2n) is 3.70. The number of benzene rings is 1. The molecule has 0 spiro atoms. The summed E-state index contributed by atoms with van der Waals surface area (Å²) in [5.74, 6) is 0.412. The molecule has 2 aromatic rings. The summed E-state index contributed by atoms with van der Waals surface area (Å²) < 4.78 is 7.49. The number of nitrogens with zero attached hydrogens (tertiary/aromatic N) is 2. The van der Waals surface area contributed by atoms with Gasteiger partial charge in [0, 0.05) is 9.26 Å². The van der Waals surface area contributed by atoms with Crippen molar-refractivity contribution in [2.75, 3.05) is 12.8 Å². The number of aromatic nitrogens is 2. The van der Waals surface area contributed by atoms with Crippen LogP contribution in [0.25, 0.3) is 5.69 Å². The molecule has 0 aliphatic heterocycles. The van der Waals surface area contributed by atoms with Crippen LogP contribution in [-0.2, 0) is 4.74 Å². The molecule has 1 heterocycles. The minimum atomic E-state index is -0.528. The molecule has 0 radical (unpaired) electrons. The Labute approximate surface area is 118 Å². The Bertz CT molecular complexity index is 590. The molecule has 5 nitrogen and oxygen atoms in total. The number of nitrogens with two attached hydrogens (primary N) is 1. The minimum absolute atomic E-state index is 0.147. The molecule has 1 aromatic heterocycles. The van der Waals surface area contributed by atoms with Gasteiger partial charge in [-0.2, -0.15) is 0 Å². The molecule has 0 bridgehead atoms. The molecule has 2 N–H and O–H groups in total. The predicted molar refractivity (Wildman–Crippen MR) is 76.8 cm³/mol. The van der Waals surface area contributed by atoms with Crippen LogP contribution in [0.4, 0.5) is 5.82 Å². The number of aryl methyl sites for hydroxylation is 1. The Morgan fingerprint density at radius 3 is 2.56 bits per heavy atom. The van der Waals surface area contributed by atoms with E-state index in [-0.39, 0.29) is 5.69 Å². The van der Waals surface area contributed by atoms with Gasteiger partial charge in [0.2, 0.25) is 0 Å². The fourth-order valence-electron chi connectivity index (χ4n) is 1.71. The number of anilines is 1. The number of carbonyl (C=O) groups excluding carboxylic acids is 1. The molecule has 0 fully saturated rings. The maximum atomic E-state index is 11.5. The molecule has 0 saturated heterocycles. The fourth-order valence-corrected chi connectivity index (χ4v) is 2.07. The standard InChI is InChI=1S/C12H12IN3O2/c1-7-15-10(12(17)18-2)11(14)16(7)9-5-3-8(13)4-6-9/h3-6H,14H2,1-2H3. The average Bonchev–Trinajstić information content (AvgIpc) is 2.65. The topological polar surface area (TPSA) is 70.1 Å². The van der Waals surface area contributed by atoms with E-state index in [1.807, 2.05) is 24.3 Å². The van der Waals surface area contributed by atoms with E-state index in [1.54, 1.807) is 11.5 Å². The van der Waals surface area contributed by atoms with Gasteiger partial charge in [-0.15, -0.1) is 0 Å². The van der Waals surface area contributed by atoms with Crippen molar-refractivity contribution in [3.05, 3.63) is 39.4 Å². The van der Waals surface area contributed by atoms with Crippen molar-refractivity contribution in [1.29, 1.82) is 0 Å². The lowest BCUT2D eigenvalue weighted by Crippen LogP contribution is -2.07. The lowest BCUT2D eigenvalue weighted by molar-refractivity contribution is 0.0596. The molecule has 94 valence electrons. The average molecular weight is 357 g/mol. The highest BCUT2D eigenvalue weighted by molar-refractivity contribution is 14.1. The van der Waals surface area contributed by atoms with Gasteiger partial charge in [0.05, 0.1) is 7.11 Å². The summed E-state index contributed by atoms with van der Waals surface area (Å²) in [6.45, 7) is 1.79. The summed E-state index contributed by atoms with van der Waals surface area (Å²) in [6, 6.07) is 7.78. The van der Waals surface area contributed by atoms with Gasteiger partial charge < -0.3 is 10.5 Å². The van der Waals surface area contributed by atoms with Crippen LogP contribution in [-0.4, -0.2) is 22.6 Å². The van der Waals surface area contributed by atoms with E-state index in [0.29, 0.717) is 11.6 Å². The number of imidazole rings is 1. The normalized spacial score (nSPS) is 10.4. The van der Waals surface area contributed by atoms with Gasteiger partial charge in [0.1, 0.15) is 11.6 Å². The summed E-state index contributed by atoms with van der Waals surface area (Å²) in [5.41, 5.74) is 6.96. The second kappa shape index (κ2) is 4.97. The highest BCUT2D eigenvalue weighted by Crippen LogP contribution is 2.21. The number of ether oxygens (including phenoxy) is 1. The summed E-state index contributed by atoms with van der Waals surface area (Å²) in [7, 11) is 1.31. The van der Waals surface area contributed by atoms with Gasteiger partial charge in [-0.1, -0.05) is 0 Å². The Morgan fingerprint density at radius 1 is 1.39 bits per heavy atom. The summed E-state index contributed by atoms with van der Waals surface area (Å²) >= 11 is 2.22. The highest BCUT2D eigenvalue weighted by Gasteiger charge is 2.19. The Balaban J connectivity index is 2.55. The first-order valence-corrected chi connectivity index (χ1v) is 6.31.